The second-order valence-electron chi connectivity index (χ2n) is 12.4. The highest BCUT2D eigenvalue weighted by Crippen LogP contribution is 2.33. The maximum atomic E-state index is 14.6. The fraction of sp³-hybridized carbons (Fsp3) is 0.316. The van der Waals surface area contributed by atoms with Gasteiger partial charge < -0.3 is 10.2 Å². The van der Waals surface area contributed by atoms with Gasteiger partial charge >= 0.3 is 6.18 Å². The van der Waals surface area contributed by atoms with Gasteiger partial charge in [0.1, 0.15) is 12.6 Å². The zero-order chi connectivity index (χ0) is 35.0. The summed E-state index contributed by atoms with van der Waals surface area (Å²) in [6, 6.07) is 26.7. The Morgan fingerprint density at radius 1 is 0.816 bits per heavy atom. The van der Waals surface area contributed by atoms with Crippen molar-refractivity contribution < 1.29 is 31.2 Å². The molecule has 0 spiro atoms. The molecule has 0 aliphatic heterocycles. The van der Waals surface area contributed by atoms with Crippen molar-refractivity contribution in [2.45, 2.75) is 75.1 Å². The van der Waals surface area contributed by atoms with Crippen molar-refractivity contribution in [2.75, 3.05) is 10.8 Å². The SMILES string of the molecule is Cc1cccc(CN(C(=O)CN(c2cccc(C(F)(F)F)c2)S(=O)(=O)c2ccccc2)C(Cc2ccccc2)C(=O)NC2CCCCC2)c1. The number of nitrogens with one attached hydrogen (secondary N) is 1. The molecule has 1 N–H and O–H groups in total. The summed E-state index contributed by atoms with van der Waals surface area (Å²) in [7, 11) is -4.53. The molecule has 1 aliphatic carbocycles. The van der Waals surface area contributed by atoms with Crippen LogP contribution in [-0.4, -0.2) is 43.8 Å². The standard InChI is InChI=1S/C38H40F3N3O4S/c1-28-13-11-16-30(23-28)26-43(35(24-29-14-5-2-6-15-29)37(46)42-32-18-7-3-8-19-32)36(45)27-44(49(47,48)34-21-9-4-10-22-34)33-20-12-17-31(25-33)38(39,40)41/h2,4-6,9-17,20-23,25,32,35H,3,7-8,18-19,24,26-27H2,1H3,(H,42,46). The Morgan fingerprint density at radius 3 is 2.10 bits per heavy atom. The number of alkyl halides is 3. The van der Waals surface area contributed by atoms with Gasteiger partial charge in [-0.15, -0.1) is 0 Å². The van der Waals surface area contributed by atoms with Crippen LogP contribution in [0, 0.1) is 6.92 Å². The molecule has 4 aromatic carbocycles. The van der Waals surface area contributed by atoms with Gasteiger partial charge in [0.2, 0.25) is 11.8 Å². The monoisotopic (exact) mass is 691 g/mol. The van der Waals surface area contributed by atoms with Crippen molar-refractivity contribution in [2.24, 2.45) is 0 Å². The minimum Gasteiger partial charge on any atom is -0.352 e. The molecule has 0 bridgehead atoms. The van der Waals surface area contributed by atoms with E-state index < -0.39 is 40.3 Å². The number of amides is 2. The number of carbonyl (C=O) groups is 2. The molecule has 1 aliphatic rings. The van der Waals surface area contributed by atoms with E-state index in [1.54, 1.807) is 6.07 Å². The number of aryl methyl sites for hydroxylation is 1. The van der Waals surface area contributed by atoms with E-state index in [1.165, 1.54) is 35.2 Å². The normalized spacial score (nSPS) is 14.5. The van der Waals surface area contributed by atoms with Crippen LogP contribution in [0.1, 0.15) is 54.4 Å². The summed E-state index contributed by atoms with van der Waals surface area (Å²) in [5.41, 5.74) is 1.05. The van der Waals surface area contributed by atoms with E-state index in [2.05, 4.69) is 5.32 Å². The predicted molar refractivity (Wildman–Crippen MR) is 183 cm³/mol. The van der Waals surface area contributed by atoms with Gasteiger partial charge in [-0.05, 0) is 61.2 Å². The summed E-state index contributed by atoms with van der Waals surface area (Å²) in [5, 5.41) is 3.15. The van der Waals surface area contributed by atoms with Crippen LogP contribution in [0.15, 0.2) is 114 Å². The lowest BCUT2D eigenvalue weighted by molar-refractivity contribution is -0.140. The Hall–Kier alpha value is -4.64. The molecule has 1 fully saturated rings. The summed E-state index contributed by atoms with van der Waals surface area (Å²) in [6.07, 6.45) is 0.0535. The lowest BCUT2D eigenvalue weighted by atomic mass is 9.94. The number of hydrogen-bond acceptors (Lipinski definition) is 4. The second kappa shape index (κ2) is 15.7. The van der Waals surface area contributed by atoms with Crippen molar-refractivity contribution in [3.8, 4) is 0 Å². The van der Waals surface area contributed by atoms with Crippen molar-refractivity contribution >= 4 is 27.5 Å². The number of halogens is 3. The molecule has 0 radical (unpaired) electrons. The average Bonchev–Trinajstić information content (AvgIpc) is 3.09. The van der Waals surface area contributed by atoms with Crippen molar-refractivity contribution in [3.05, 3.63) is 131 Å². The van der Waals surface area contributed by atoms with Gasteiger partial charge in [0.15, 0.2) is 0 Å². The van der Waals surface area contributed by atoms with Crippen LogP contribution in [0.4, 0.5) is 18.9 Å². The van der Waals surface area contributed by atoms with Gasteiger partial charge in [-0.25, -0.2) is 8.42 Å². The largest absolute Gasteiger partial charge is 0.416 e. The Bertz CT molecular complexity index is 1830. The van der Waals surface area contributed by atoms with Gasteiger partial charge in [-0.1, -0.05) is 104 Å². The number of hydrogen-bond donors (Lipinski definition) is 1. The maximum absolute atomic E-state index is 14.6. The third kappa shape index (κ3) is 9.29. The van der Waals surface area contributed by atoms with Crippen molar-refractivity contribution in [1.29, 1.82) is 0 Å². The van der Waals surface area contributed by atoms with Gasteiger partial charge in [0.05, 0.1) is 16.1 Å². The molecular formula is C38H40F3N3O4S. The van der Waals surface area contributed by atoms with Crippen LogP contribution >= 0.6 is 0 Å². The Balaban J connectivity index is 1.59. The van der Waals surface area contributed by atoms with Crippen LogP contribution in [0.3, 0.4) is 0 Å². The molecule has 0 heterocycles. The number of benzene rings is 4. The van der Waals surface area contributed by atoms with Crippen LogP contribution in [0.5, 0.6) is 0 Å². The lowest BCUT2D eigenvalue weighted by Crippen LogP contribution is -2.55. The summed E-state index contributed by atoms with van der Waals surface area (Å²) >= 11 is 0. The van der Waals surface area contributed by atoms with Gasteiger partial charge in [-0.3, -0.25) is 13.9 Å². The molecule has 4 aromatic rings. The van der Waals surface area contributed by atoms with Crippen molar-refractivity contribution in [3.63, 3.8) is 0 Å². The molecule has 1 atom stereocenters. The van der Waals surface area contributed by atoms with E-state index in [1.807, 2.05) is 61.5 Å². The molecule has 258 valence electrons. The van der Waals surface area contributed by atoms with E-state index in [0.717, 1.165) is 61.4 Å². The third-order valence-corrected chi connectivity index (χ3v) is 10.5. The van der Waals surface area contributed by atoms with Crippen LogP contribution < -0.4 is 9.62 Å². The third-order valence-electron chi connectivity index (χ3n) is 8.73. The summed E-state index contributed by atoms with van der Waals surface area (Å²) in [6.45, 7) is 1.03. The topological polar surface area (TPSA) is 86.8 Å². The van der Waals surface area contributed by atoms with Crippen LogP contribution in [0.25, 0.3) is 0 Å². The average molecular weight is 692 g/mol. The number of nitrogens with zero attached hydrogens (tertiary/aromatic N) is 2. The fourth-order valence-electron chi connectivity index (χ4n) is 6.19. The molecule has 1 saturated carbocycles. The van der Waals surface area contributed by atoms with E-state index in [4.69, 9.17) is 0 Å². The zero-order valence-electron chi connectivity index (χ0n) is 27.3. The van der Waals surface area contributed by atoms with Gasteiger partial charge in [-0.2, -0.15) is 13.2 Å². The summed E-state index contributed by atoms with van der Waals surface area (Å²) in [4.78, 5) is 30.0. The molecule has 49 heavy (non-hydrogen) atoms. The molecule has 1 unspecified atom stereocenters. The quantitative estimate of drug-likeness (QED) is 0.169. The van der Waals surface area contributed by atoms with Crippen LogP contribution in [-0.2, 0) is 38.8 Å². The minimum absolute atomic E-state index is 0.0298. The molecule has 7 nitrogen and oxygen atoms in total. The molecule has 0 saturated heterocycles. The number of anilines is 1. The molecule has 11 heteroatoms. The smallest absolute Gasteiger partial charge is 0.352 e. The Labute approximate surface area is 285 Å². The van der Waals surface area contributed by atoms with Gasteiger partial charge in [0, 0.05) is 19.0 Å². The Morgan fingerprint density at radius 2 is 1.45 bits per heavy atom. The highest BCUT2D eigenvalue weighted by molar-refractivity contribution is 7.92. The molecular weight excluding hydrogens is 651 g/mol. The first-order valence-electron chi connectivity index (χ1n) is 16.4. The fourth-order valence-corrected chi connectivity index (χ4v) is 7.62. The van der Waals surface area contributed by atoms with E-state index in [-0.39, 0.29) is 35.5 Å². The molecule has 0 aromatic heterocycles. The van der Waals surface area contributed by atoms with Crippen molar-refractivity contribution in [1.82, 2.24) is 10.2 Å². The number of carbonyl (C=O) groups excluding carboxylic acids is 2. The zero-order valence-corrected chi connectivity index (χ0v) is 28.1. The Kier molecular flexibility index (Phi) is 11.4. The predicted octanol–water partition coefficient (Wildman–Crippen LogP) is 7.30. The highest BCUT2D eigenvalue weighted by Gasteiger charge is 2.37. The summed E-state index contributed by atoms with van der Waals surface area (Å²) in [5.74, 6) is -1.11. The van der Waals surface area contributed by atoms with E-state index in [9.17, 15) is 31.2 Å². The van der Waals surface area contributed by atoms with E-state index in [0.29, 0.717) is 9.87 Å². The summed E-state index contributed by atoms with van der Waals surface area (Å²) < 4.78 is 70.4. The highest BCUT2D eigenvalue weighted by atomic mass is 32.2. The van der Waals surface area contributed by atoms with Crippen LogP contribution in [0.2, 0.25) is 0 Å². The first kappa shape index (κ1) is 35.7. The first-order valence-corrected chi connectivity index (χ1v) is 17.8. The maximum Gasteiger partial charge on any atom is 0.416 e. The molecule has 5 rings (SSSR count). The second-order valence-corrected chi connectivity index (χ2v) is 14.3. The van der Waals surface area contributed by atoms with Gasteiger partial charge in [0.25, 0.3) is 10.0 Å². The minimum atomic E-state index is -4.75. The number of rotatable bonds is 12. The first-order chi connectivity index (χ1) is 23.4. The van der Waals surface area contributed by atoms with E-state index >= 15 is 0 Å². The molecule has 2 amide bonds. The lowest BCUT2D eigenvalue weighted by Gasteiger charge is -2.35. The number of sulfonamides is 1.